The van der Waals surface area contributed by atoms with Crippen molar-refractivity contribution in [1.82, 2.24) is 0 Å². The van der Waals surface area contributed by atoms with E-state index in [0.29, 0.717) is 5.75 Å². The fourth-order valence-electron chi connectivity index (χ4n) is 1.43. The molecular weight excluding hydrogens is 258 g/mol. The highest BCUT2D eigenvalue weighted by Crippen LogP contribution is 2.37. The molecule has 0 bridgehead atoms. The van der Waals surface area contributed by atoms with Crippen molar-refractivity contribution >= 4 is 22.0 Å². The summed E-state index contributed by atoms with van der Waals surface area (Å²) in [7, 11) is 0. The third-order valence-electron chi connectivity index (χ3n) is 1.94. The van der Waals surface area contributed by atoms with Crippen molar-refractivity contribution in [3.05, 3.63) is 28.2 Å². The molecular formula is C11H14BrNO2. The van der Waals surface area contributed by atoms with Crippen LogP contribution in [0, 0.1) is 0 Å². The first kappa shape index (κ1) is 12.0. The van der Waals surface area contributed by atoms with E-state index in [1.807, 2.05) is 26.8 Å². The molecule has 15 heavy (non-hydrogen) atoms. The van der Waals surface area contributed by atoms with Crippen molar-refractivity contribution in [2.75, 3.05) is 0 Å². The van der Waals surface area contributed by atoms with Gasteiger partial charge in [-0.15, -0.1) is 0 Å². The molecule has 0 saturated heterocycles. The second-order valence-electron chi connectivity index (χ2n) is 4.28. The number of halogens is 1. The lowest BCUT2D eigenvalue weighted by Gasteiger charge is -2.23. The first-order valence-electron chi connectivity index (χ1n) is 4.58. The van der Waals surface area contributed by atoms with Crippen LogP contribution in [0.3, 0.4) is 0 Å². The lowest BCUT2D eigenvalue weighted by atomic mass is 9.86. The van der Waals surface area contributed by atoms with Crippen LogP contribution in [0.5, 0.6) is 5.75 Å². The van der Waals surface area contributed by atoms with Gasteiger partial charge in [0.05, 0.1) is 0 Å². The van der Waals surface area contributed by atoms with E-state index in [9.17, 15) is 4.79 Å². The van der Waals surface area contributed by atoms with Crippen molar-refractivity contribution < 1.29 is 9.53 Å². The van der Waals surface area contributed by atoms with E-state index in [1.165, 1.54) is 0 Å². The lowest BCUT2D eigenvalue weighted by molar-refractivity contribution is 0.210. The number of carbonyl (C=O) groups is 1. The number of primary amides is 1. The molecule has 4 heteroatoms. The Morgan fingerprint density at radius 2 is 2.00 bits per heavy atom. The molecule has 3 nitrogen and oxygen atoms in total. The van der Waals surface area contributed by atoms with Crippen LogP contribution >= 0.6 is 15.9 Å². The first-order valence-corrected chi connectivity index (χ1v) is 5.38. The Balaban J connectivity index is 3.27. The van der Waals surface area contributed by atoms with Crippen LogP contribution in [0.4, 0.5) is 4.79 Å². The maximum atomic E-state index is 10.7. The van der Waals surface area contributed by atoms with Gasteiger partial charge in [-0.2, -0.15) is 0 Å². The van der Waals surface area contributed by atoms with Gasteiger partial charge in [-0.1, -0.05) is 42.8 Å². The molecule has 0 aromatic heterocycles. The normalized spacial score (nSPS) is 11.2. The highest BCUT2D eigenvalue weighted by molar-refractivity contribution is 9.10. The summed E-state index contributed by atoms with van der Waals surface area (Å²) in [6, 6.07) is 5.45. The predicted octanol–water partition coefficient (Wildman–Crippen LogP) is 3.20. The molecule has 0 radical (unpaired) electrons. The third kappa shape index (κ3) is 2.96. The largest absolute Gasteiger partial charge is 0.410 e. The molecule has 1 amide bonds. The molecule has 0 heterocycles. The zero-order chi connectivity index (χ0) is 11.6. The standard InChI is InChI=1S/C11H14BrNO2/c1-11(2,3)9-7(12)5-4-6-8(9)15-10(13)14/h4-6H,1-3H3,(H2,13,14). The number of rotatable bonds is 1. The Labute approximate surface area is 97.7 Å². The fourth-order valence-corrected chi connectivity index (χ4v) is 2.37. The second-order valence-corrected chi connectivity index (χ2v) is 5.14. The fraction of sp³-hybridized carbons (Fsp3) is 0.364. The summed E-state index contributed by atoms with van der Waals surface area (Å²) in [5.41, 5.74) is 5.82. The third-order valence-corrected chi connectivity index (χ3v) is 2.60. The first-order chi connectivity index (χ1) is 6.82. The highest BCUT2D eigenvalue weighted by atomic mass is 79.9. The van der Waals surface area contributed by atoms with Crippen molar-refractivity contribution in [2.24, 2.45) is 5.73 Å². The van der Waals surface area contributed by atoms with Crippen molar-refractivity contribution in [3.8, 4) is 5.75 Å². The van der Waals surface area contributed by atoms with Gasteiger partial charge in [0, 0.05) is 10.0 Å². The Hall–Kier alpha value is -1.03. The summed E-state index contributed by atoms with van der Waals surface area (Å²) in [5, 5.41) is 0. The molecule has 1 aromatic rings. The maximum Gasteiger partial charge on any atom is 0.409 e. The van der Waals surface area contributed by atoms with Crippen molar-refractivity contribution in [3.63, 3.8) is 0 Å². The Morgan fingerprint density at radius 3 is 2.47 bits per heavy atom. The van der Waals surface area contributed by atoms with E-state index in [4.69, 9.17) is 10.5 Å². The SMILES string of the molecule is CC(C)(C)c1c(Br)cccc1OC(N)=O. The summed E-state index contributed by atoms with van der Waals surface area (Å²) in [6.07, 6.45) is -0.793. The molecule has 0 spiro atoms. The quantitative estimate of drug-likeness (QED) is 0.853. The van der Waals surface area contributed by atoms with E-state index in [1.54, 1.807) is 12.1 Å². The topological polar surface area (TPSA) is 52.3 Å². The molecule has 82 valence electrons. The molecule has 0 aliphatic heterocycles. The van der Waals surface area contributed by atoms with E-state index in [0.717, 1.165) is 10.0 Å². The van der Waals surface area contributed by atoms with Crippen molar-refractivity contribution in [2.45, 2.75) is 26.2 Å². The molecule has 1 aromatic carbocycles. The van der Waals surface area contributed by atoms with E-state index in [2.05, 4.69) is 15.9 Å². The molecule has 0 aliphatic rings. The number of hydrogen-bond acceptors (Lipinski definition) is 2. The van der Waals surface area contributed by atoms with Crippen LogP contribution in [0.2, 0.25) is 0 Å². The van der Waals surface area contributed by atoms with Gasteiger partial charge in [-0.25, -0.2) is 4.79 Å². The van der Waals surface area contributed by atoms with Crippen LogP contribution in [0.1, 0.15) is 26.3 Å². The van der Waals surface area contributed by atoms with Gasteiger partial charge in [0.15, 0.2) is 0 Å². The number of amides is 1. The molecule has 0 aliphatic carbocycles. The van der Waals surface area contributed by atoms with Gasteiger partial charge in [-0.3, -0.25) is 0 Å². The van der Waals surface area contributed by atoms with Gasteiger partial charge in [-0.05, 0) is 17.5 Å². The molecule has 1 rings (SSSR count). The monoisotopic (exact) mass is 271 g/mol. The summed E-state index contributed by atoms with van der Waals surface area (Å²) in [4.78, 5) is 10.7. The van der Waals surface area contributed by atoms with Crippen molar-refractivity contribution in [1.29, 1.82) is 0 Å². The zero-order valence-corrected chi connectivity index (χ0v) is 10.6. The van der Waals surface area contributed by atoms with E-state index >= 15 is 0 Å². The number of ether oxygens (including phenoxy) is 1. The van der Waals surface area contributed by atoms with Gasteiger partial charge >= 0.3 is 6.09 Å². The number of hydrogen-bond donors (Lipinski definition) is 1. The zero-order valence-electron chi connectivity index (χ0n) is 9.00. The average molecular weight is 272 g/mol. The predicted molar refractivity (Wildman–Crippen MR) is 63.1 cm³/mol. The molecule has 0 unspecified atom stereocenters. The van der Waals surface area contributed by atoms with E-state index < -0.39 is 6.09 Å². The van der Waals surface area contributed by atoms with Gasteiger partial charge in [0.25, 0.3) is 0 Å². The summed E-state index contributed by atoms with van der Waals surface area (Å²) < 4.78 is 5.87. The van der Waals surface area contributed by atoms with Crippen LogP contribution in [0.15, 0.2) is 22.7 Å². The Bertz CT molecular complexity index is 383. The number of benzene rings is 1. The smallest absolute Gasteiger partial charge is 0.409 e. The molecule has 0 saturated carbocycles. The lowest BCUT2D eigenvalue weighted by Crippen LogP contribution is -2.20. The molecule has 0 fully saturated rings. The average Bonchev–Trinajstić information content (AvgIpc) is 1.99. The minimum absolute atomic E-state index is 0.120. The van der Waals surface area contributed by atoms with Gasteiger partial charge < -0.3 is 10.5 Å². The van der Waals surface area contributed by atoms with Crippen LogP contribution in [-0.2, 0) is 5.41 Å². The van der Waals surface area contributed by atoms with Crippen LogP contribution in [0.25, 0.3) is 0 Å². The second kappa shape index (κ2) is 4.23. The van der Waals surface area contributed by atoms with Gasteiger partial charge in [0.1, 0.15) is 5.75 Å². The maximum absolute atomic E-state index is 10.7. The number of carbonyl (C=O) groups excluding carboxylic acids is 1. The number of nitrogens with two attached hydrogens (primary N) is 1. The molecule has 0 atom stereocenters. The Morgan fingerprint density at radius 1 is 1.40 bits per heavy atom. The van der Waals surface area contributed by atoms with E-state index in [-0.39, 0.29) is 5.41 Å². The minimum Gasteiger partial charge on any atom is -0.410 e. The van der Waals surface area contributed by atoms with Gasteiger partial charge in [0.2, 0.25) is 0 Å². The molecule has 2 N–H and O–H groups in total. The highest BCUT2D eigenvalue weighted by Gasteiger charge is 2.22. The van der Waals surface area contributed by atoms with Crippen LogP contribution < -0.4 is 10.5 Å². The minimum atomic E-state index is -0.793. The summed E-state index contributed by atoms with van der Waals surface area (Å²) in [5.74, 6) is 0.504. The summed E-state index contributed by atoms with van der Waals surface area (Å²) >= 11 is 3.44. The van der Waals surface area contributed by atoms with Crippen LogP contribution in [-0.4, -0.2) is 6.09 Å². The Kier molecular flexibility index (Phi) is 3.39. The summed E-state index contributed by atoms with van der Waals surface area (Å²) in [6.45, 7) is 6.13.